The normalized spacial score (nSPS) is 13.5. The molecule has 1 heterocycles. The number of aliphatic carboxylic acids is 4. The molecule has 0 saturated heterocycles. The van der Waals surface area contributed by atoms with Crippen LogP contribution in [0.2, 0.25) is 10.0 Å². The molecular weight excluding hydrogens is 1730 g/mol. The molecule has 0 bridgehead atoms. The van der Waals surface area contributed by atoms with E-state index < -0.39 is 23.9 Å². The van der Waals surface area contributed by atoms with Gasteiger partial charge in [0.15, 0.2) is 0 Å². The highest BCUT2D eigenvalue weighted by Crippen LogP contribution is 2.50. The van der Waals surface area contributed by atoms with Crippen molar-refractivity contribution in [3.05, 3.63) is 464 Å². The Hall–Kier alpha value is -14.2. The molecule has 0 spiro atoms. The van der Waals surface area contributed by atoms with Crippen LogP contribution in [0.15, 0.2) is 320 Å². The van der Waals surface area contributed by atoms with Gasteiger partial charge in [-0.3, -0.25) is 0 Å². The number of nitrogens with one attached hydrogen (secondary N) is 1. The number of fused-ring (bicyclic) bond motifs is 4. The molecule has 133 heavy (non-hydrogen) atoms. The van der Waals surface area contributed by atoms with Crippen LogP contribution in [-0.4, -0.2) is 49.3 Å². The summed E-state index contributed by atoms with van der Waals surface area (Å²) < 4.78 is 0. The summed E-state index contributed by atoms with van der Waals surface area (Å²) in [5.41, 5.74) is 39.9. The third-order valence-corrected chi connectivity index (χ3v) is 25.5. The average molecular weight is 1830 g/mol. The second kappa shape index (κ2) is 44.6. The Balaban J connectivity index is 0.000000151. The van der Waals surface area contributed by atoms with Gasteiger partial charge < -0.3 is 25.4 Å². The molecule has 0 fully saturated rings. The Morgan fingerprint density at radius 3 is 1.11 bits per heavy atom. The molecule has 666 valence electrons. The van der Waals surface area contributed by atoms with Crippen molar-refractivity contribution in [1.82, 2.24) is 4.98 Å². The van der Waals surface area contributed by atoms with E-state index in [1.54, 1.807) is 24.3 Å². The van der Waals surface area contributed by atoms with Gasteiger partial charge in [0.05, 0.1) is 15.6 Å². The maximum atomic E-state index is 10.9. The fourth-order valence-corrected chi connectivity index (χ4v) is 18.9. The summed E-state index contributed by atoms with van der Waals surface area (Å²) in [7, 11) is 0. The fraction of sp³-hybridized carbons (Fsp3) is 0.151. The lowest BCUT2D eigenvalue weighted by Gasteiger charge is -2.19. The predicted octanol–water partition coefficient (Wildman–Crippen LogP) is 31.4. The highest BCUT2D eigenvalue weighted by atomic mass is 35.5. The molecule has 13 aromatic rings. The van der Waals surface area contributed by atoms with Crippen LogP contribution in [0.4, 0.5) is 0 Å². The molecule has 3 aliphatic rings. The van der Waals surface area contributed by atoms with Crippen molar-refractivity contribution in [2.24, 2.45) is 5.92 Å². The summed E-state index contributed by atoms with van der Waals surface area (Å²) >= 11 is 27.4. The number of aromatic amines is 1. The van der Waals surface area contributed by atoms with E-state index in [1.165, 1.54) is 55.7 Å². The molecule has 0 atom stereocenters. The largest absolute Gasteiger partial charge is 0.478 e. The SMILES string of the molecule is CC/C(=C(\C1=C(C#N)c2ccccc2C1)c1ccc(/C=C/C(=O)O)cc1)c1ccc(C)cc1Cl.CC/C(=C(\C1=C(Cl)c2ccccc2C1)c1ccc(/C=C/C(=O)O)cc1)c1ccc(C)c(C)c1.CC/C(=C(\C1=C(Cl)c2ccccc2C1)c1ccc(/C=C/C(=O)O)cc1)c1ccc(C)cc1.Cc1ccc(/C(CC(C)C)=C(\c2ccc(/C=C/C(=O)O)cc2)c2cc3ccccc3[nH]2)c(Cl)c1. The number of halogens is 4. The van der Waals surface area contributed by atoms with Gasteiger partial charge in [-0.1, -0.05) is 341 Å². The van der Waals surface area contributed by atoms with Crippen molar-refractivity contribution in [2.45, 2.75) is 114 Å². The van der Waals surface area contributed by atoms with E-state index in [-0.39, 0.29) is 0 Å². The van der Waals surface area contributed by atoms with Crippen molar-refractivity contribution < 1.29 is 39.6 Å². The number of H-pyrrole nitrogens is 1. The number of nitrogens with zero attached hydrogens (tertiary/aromatic N) is 1. The minimum atomic E-state index is -0.987. The molecule has 5 N–H and O–H groups in total. The number of rotatable bonds is 25. The Kier molecular flexibility index (Phi) is 32.4. The maximum absolute atomic E-state index is 10.9. The number of benzene rings is 12. The number of carbonyl (C=O) groups is 4. The molecule has 10 nitrogen and oxygen atoms in total. The number of allylic oxidation sites excluding steroid dienone is 11. The zero-order valence-electron chi connectivity index (χ0n) is 76.1. The molecule has 0 amide bonds. The van der Waals surface area contributed by atoms with E-state index in [0.29, 0.717) is 22.9 Å². The van der Waals surface area contributed by atoms with E-state index in [9.17, 15) is 24.4 Å². The highest BCUT2D eigenvalue weighted by molar-refractivity contribution is 6.52. The number of aromatic nitrogens is 1. The van der Waals surface area contributed by atoms with Crippen LogP contribution in [0.5, 0.6) is 0 Å². The van der Waals surface area contributed by atoms with Crippen LogP contribution in [-0.2, 0) is 38.4 Å². The van der Waals surface area contributed by atoms with E-state index in [2.05, 4.69) is 218 Å². The number of nitriles is 1. The zero-order valence-corrected chi connectivity index (χ0v) is 79.1. The minimum Gasteiger partial charge on any atom is -0.478 e. The Morgan fingerprint density at radius 2 is 0.722 bits per heavy atom. The second-order valence-corrected chi connectivity index (χ2v) is 35.3. The topological polar surface area (TPSA) is 189 Å². The van der Waals surface area contributed by atoms with Crippen LogP contribution < -0.4 is 0 Å². The number of carboxylic acids is 4. The average Bonchev–Trinajstić information content (AvgIpc) is 1.65. The summed E-state index contributed by atoms with van der Waals surface area (Å²) in [5.74, 6) is -3.44. The first-order valence-corrected chi connectivity index (χ1v) is 46.0. The molecule has 16 rings (SSSR count). The second-order valence-electron chi connectivity index (χ2n) is 33.7. The van der Waals surface area contributed by atoms with Gasteiger partial charge in [-0.2, -0.15) is 5.26 Å². The standard InChI is InChI=1S/C30H28ClNO2.C30H24ClNO2.C30H27ClO2.C29H25ClO2/c1-19(2)16-25(24-14-8-20(3)17-26(24)31)30(28-18-23-6-4-5-7-27(23)32-28)22-12-9-21(10-13-22)11-15-29(33)34;1-3-23(25-14-8-19(2)16-28(25)31)30(21-12-9-20(10-13-21)11-15-29(33)34)26-17-22-6-4-5-7-24(22)27(26)18-32;1-4-25(24-13-9-19(2)20(3)17-24)29(22-14-10-21(11-15-22)12-16-28(32)33)27-18-23-7-5-6-8-26(23)30(27)31;1-3-24(21-13-8-19(2)9-14-21)28(22-15-10-20(11-16-22)12-17-27(31)32)26-18-23-6-4-5-7-25(23)29(26)30/h4-15,17-19,32H,16H2,1-3H3,(H,33,34);4-16H,3,17H2,1-2H3,(H,33,34);5-17H,4,18H2,1-3H3,(H,32,33);4-17H,3,18H2,1-2H3,(H,31,32)/b15-11+,30-25+;15-11+,30-23+;16-12+,29-25+;17-12+,28-24+. The lowest BCUT2D eigenvalue weighted by Crippen LogP contribution is -2.00. The Morgan fingerprint density at radius 1 is 0.368 bits per heavy atom. The molecule has 0 unspecified atom stereocenters. The molecule has 14 heteroatoms. The van der Waals surface area contributed by atoms with Crippen LogP contribution in [0.1, 0.15) is 194 Å². The third-order valence-electron chi connectivity index (χ3n) is 24.0. The summed E-state index contributed by atoms with van der Waals surface area (Å²) in [5, 5.41) is 50.1. The lowest BCUT2D eigenvalue weighted by molar-refractivity contribution is -0.132. The number of aryl methyl sites for hydroxylation is 5. The fourth-order valence-electron chi connectivity index (χ4n) is 17.5. The first kappa shape index (κ1) is 96.4. The van der Waals surface area contributed by atoms with Gasteiger partial charge >= 0.3 is 23.9 Å². The summed E-state index contributed by atoms with van der Waals surface area (Å²) in [6.07, 6.45) is 16.5. The van der Waals surface area contributed by atoms with Gasteiger partial charge in [-0.05, 0) is 293 Å². The van der Waals surface area contributed by atoms with Crippen molar-refractivity contribution in [2.75, 3.05) is 0 Å². The van der Waals surface area contributed by atoms with Crippen molar-refractivity contribution >= 4 is 166 Å². The Labute approximate surface area is 799 Å². The summed E-state index contributed by atoms with van der Waals surface area (Å²) in [4.78, 5) is 47.2. The van der Waals surface area contributed by atoms with E-state index in [0.717, 1.165) is 228 Å². The molecular formula is C119H104Cl4N2O8. The third kappa shape index (κ3) is 23.6. The lowest BCUT2D eigenvalue weighted by atomic mass is 9.85. The van der Waals surface area contributed by atoms with E-state index >= 15 is 0 Å². The molecule has 1 aromatic heterocycles. The molecule has 0 radical (unpaired) electrons. The summed E-state index contributed by atoms with van der Waals surface area (Å²) in [6.45, 7) is 21.3. The smallest absolute Gasteiger partial charge is 0.328 e. The number of hydrogen-bond acceptors (Lipinski definition) is 5. The van der Waals surface area contributed by atoms with Crippen molar-refractivity contribution in [3.63, 3.8) is 0 Å². The van der Waals surface area contributed by atoms with Gasteiger partial charge in [0.25, 0.3) is 0 Å². The van der Waals surface area contributed by atoms with Crippen molar-refractivity contribution in [3.8, 4) is 6.07 Å². The quantitative estimate of drug-likeness (QED) is 0.0274. The zero-order chi connectivity index (χ0) is 94.7. The van der Waals surface area contributed by atoms with E-state index in [1.807, 2.05) is 141 Å². The van der Waals surface area contributed by atoms with Crippen LogP contribution >= 0.6 is 46.4 Å². The maximum Gasteiger partial charge on any atom is 0.328 e. The van der Waals surface area contributed by atoms with Gasteiger partial charge in [0.1, 0.15) is 6.07 Å². The summed E-state index contributed by atoms with van der Waals surface area (Å²) in [6, 6.07) is 96.9. The van der Waals surface area contributed by atoms with E-state index in [4.69, 9.17) is 66.8 Å². The number of para-hydroxylation sites is 1. The van der Waals surface area contributed by atoms with Gasteiger partial charge in [-0.15, -0.1) is 0 Å². The monoisotopic (exact) mass is 1830 g/mol. The Bertz CT molecular complexity index is 7000. The van der Waals surface area contributed by atoms with Crippen molar-refractivity contribution in [1.29, 1.82) is 5.26 Å². The number of carboxylic acid groups (broad SMARTS) is 4. The molecule has 12 aromatic carbocycles. The van der Waals surface area contributed by atoms with Gasteiger partial charge in [0.2, 0.25) is 0 Å². The van der Waals surface area contributed by atoms with Gasteiger partial charge in [-0.25, -0.2) is 19.2 Å². The molecule has 0 saturated carbocycles. The molecule has 3 aliphatic carbocycles. The first-order chi connectivity index (χ1) is 64.1. The highest BCUT2D eigenvalue weighted by Gasteiger charge is 2.31. The van der Waals surface area contributed by atoms with Gasteiger partial charge in [0, 0.05) is 75.8 Å². The first-order valence-electron chi connectivity index (χ1n) is 44.5. The predicted molar refractivity (Wildman–Crippen MR) is 555 cm³/mol. The molecule has 0 aliphatic heterocycles. The van der Waals surface area contributed by atoms with Crippen LogP contribution in [0.3, 0.4) is 0 Å². The van der Waals surface area contributed by atoms with Crippen LogP contribution in [0, 0.1) is 51.9 Å². The van der Waals surface area contributed by atoms with Crippen LogP contribution in [0.25, 0.3) is 95.4 Å². The number of hydrogen-bond donors (Lipinski definition) is 5. The minimum absolute atomic E-state index is 0.421.